The third kappa shape index (κ3) is 2.37. The topological polar surface area (TPSA) is 44.9 Å². The van der Waals surface area contributed by atoms with Crippen molar-refractivity contribution in [3.05, 3.63) is 35.0 Å². The number of fused-ring (bicyclic) bond motifs is 1. The molecule has 0 aliphatic heterocycles. The van der Waals surface area contributed by atoms with E-state index in [2.05, 4.69) is 36.3 Å². The molecule has 1 aliphatic rings. The lowest BCUT2D eigenvalue weighted by molar-refractivity contribution is 0.0933. The van der Waals surface area contributed by atoms with Crippen LogP contribution in [0.5, 0.6) is 0 Å². The van der Waals surface area contributed by atoms with Gasteiger partial charge in [-0.1, -0.05) is 18.9 Å². The molecule has 0 bridgehead atoms. The van der Waals surface area contributed by atoms with Crippen LogP contribution in [0.2, 0.25) is 0 Å². The molecule has 1 aromatic heterocycles. The van der Waals surface area contributed by atoms with Crippen molar-refractivity contribution >= 4 is 16.8 Å². The van der Waals surface area contributed by atoms with Crippen LogP contribution in [0.4, 0.5) is 0 Å². The zero-order chi connectivity index (χ0) is 13.4. The van der Waals surface area contributed by atoms with Gasteiger partial charge in [0.05, 0.1) is 0 Å². The molecule has 2 N–H and O–H groups in total. The summed E-state index contributed by atoms with van der Waals surface area (Å²) < 4.78 is 0. The van der Waals surface area contributed by atoms with E-state index in [4.69, 9.17) is 0 Å². The minimum absolute atomic E-state index is 0.0279. The molecule has 1 heterocycles. The lowest BCUT2D eigenvalue weighted by atomic mass is 10.1. The van der Waals surface area contributed by atoms with E-state index in [0.717, 1.165) is 23.7 Å². The summed E-state index contributed by atoms with van der Waals surface area (Å²) in [6.07, 6.45) is 4.69. The lowest BCUT2D eigenvalue weighted by Gasteiger charge is -2.10. The maximum atomic E-state index is 12.2. The molecule has 3 heteroatoms. The molecule has 1 aromatic carbocycles. The monoisotopic (exact) mass is 256 g/mol. The molecule has 19 heavy (non-hydrogen) atoms. The van der Waals surface area contributed by atoms with E-state index >= 15 is 0 Å². The number of hydrogen-bond donors (Lipinski definition) is 2. The molecule has 0 atom stereocenters. The number of aromatic nitrogens is 1. The Bertz CT molecular complexity index is 621. The first-order valence-electron chi connectivity index (χ1n) is 7.04. The second-order valence-electron chi connectivity index (χ2n) is 5.68. The number of amides is 1. The molecule has 0 unspecified atom stereocenters. The maximum absolute atomic E-state index is 12.2. The number of hydrogen-bond acceptors (Lipinski definition) is 1. The highest BCUT2D eigenvalue weighted by Gasteiger charge is 2.19. The van der Waals surface area contributed by atoms with Crippen LogP contribution in [0.1, 0.15) is 47.3 Å². The van der Waals surface area contributed by atoms with E-state index in [1.807, 2.05) is 6.07 Å². The third-order valence-corrected chi connectivity index (χ3v) is 4.02. The van der Waals surface area contributed by atoms with Gasteiger partial charge < -0.3 is 10.3 Å². The fraction of sp³-hybridized carbons (Fsp3) is 0.438. The summed E-state index contributed by atoms with van der Waals surface area (Å²) in [6, 6.07) is 6.57. The van der Waals surface area contributed by atoms with Crippen molar-refractivity contribution in [1.29, 1.82) is 0 Å². The van der Waals surface area contributed by atoms with Gasteiger partial charge in [0.2, 0.25) is 0 Å². The summed E-state index contributed by atoms with van der Waals surface area (Å²) in [5.74, 6) is 0.0279. The Balaban J connectivity index is 1.88. The van der Waals surface area contributed by atoms with Gasteiger partial charge in [-0.3, -0.25) is 4.79 Å². The molecule has 1 saturated carbocycles. The van der Waals surface area contributed by atoms with Gasteiger partial charge in [-0.25, -0.2) is 0 Å². The summed E-state index contributed by atoms with van der Waals surface area (Å²) in [4.78, 5) is 15.5. The first kappa shape index (κ1) is 12.3. The summed E-state index contributed by atoms with van der Waals surface area (Å²) in [6.45, 7) is 4.16. The van der Waals surface area contributed by atoms with Crippen LogP contribution in [-0.4, -0.2) is 16.9 Å². The van der Waals surface area contributed by atoms with E-state index in [1.54, 1.807) is 0 Å². The average Bonchev–Trinajstić information content (AvgIpc) is 2.97. The average molecular weight is 256 g/mol. The van der Waals surface area contributed by atoms with Crippen LogP contribution >= 0.6 is 0 Å². The molecule has 0 spiro atoms. The molecule has 2 aromatic rings. The number of aryl methyl sites for hydroxylation is 2. The quantitative estimate of drug-likeness (QED) is 0.849. The lowest BCUT2D eigenvalue weighted by Crippen LogP contribution is -2.32. The first-order chi connectivity index (χ1) is 9.13. The van der Waals surface area contributed by atoms with Gasteiger partial charge in [0.15, 0.2) is 0 Å². The van der Waals surface area contributed by atoms with Gasteiger partial charge in [0, 0.05) is 16.9 Å². The summed E-state index contributed by atoms with van der Waals surface area (Å²) in [5.41, 5.74) is 4.16. The minimum atomic E-state index is 0.0279. The van der Waals surface area contributed by atoms with Crippen LogP contribution in [-0.2, 0) is 0 Å². The van der Waals surface area contributed by atoms with E-state index in [9.17, 15) is 4.79 Å². The highest BCUT2D eigenvalue weighted by atomic mass is 16.1. The van der Waals surface area contributed by atoms with Gasteiger partial charge in [0.25, 0.3) is 5.91 Å². The number of aromatic amines is 1. The molecule has 1 amide bonds. The van der Waals surface area contributed by atoms with Crippen molar-refractivity contribution in [2.24, 2.45) is 0 Å². The number of H-pyrrole nitrogens is 1. The van der Waals surface area contributed by atoms with Crippen LogP contribution < -0.4 is 5.32 Å². The van der Waals surface area contributed by atoms with Crippen molar-refractivity contribution in [1.82, 2.24) is 10.3 Å². The predicted molar refractivity (Wildman–Crippen MR) is 77.5 cm³/mol. The van der Waals surface area contributed by atoms with E-state index in [0.29, 0.717) is 11.7 Å². The minimum Gasteiger partial charge on any atom is -0.351 e. The normalized spacial score (nSPS) is 16.1. The zero-order valence-electron chi connectivity index (χ0n) is 11.5. The van der Waals surface area contributed by atoms with Crippen molar-refractivity contribution in [3.8, 4) is 0 Å². The number of carbonyl (C=O) groups is 1. The Kier molecular flexibility index (Phi) is 3.05. The molecule has 0 radical (unpaired) electrons. The highest BCUT2D eigenvalue weighted by molar-refractivity contribution is 5.99. The largest absolute Gasteiger partial charge is 0.351 e. The van der Waals surface area contributed by atoms with Gasteiger partial charge >= 0.3 is 0 Å². The van der Waals surface area contributed by atoms with Crippen LogP contribution in [0.15, 0.2) is 18.2 Å². The fourth-order valence-corrected chi connectivity index (χ4v) is 3.05. The molecule has 0 saturated heterocycles. The smallest absolute Gasteiger partial charge is 0.267 e. The Hall–Kier alpha value is -1.77. The molecular formula is C16H20N2O. The second kappa shape index (κ2) is 4.72. The van der Waals surface area contributed by atoms with E-state index < -0.39 is 0 Å². The molecule has 100 valence electrons. The van der Waals surface area contributed by atoms with Gasteiger partial charge in [0.1, 0.15) is 5.69 Å². The Labute approximate surface area is 113 Å². The van der Waals surface area contributed by atoms with Crippen LogP contribution in [0.25, 0.3) is 10.9 Å². The fourth-order valence-electron chi connectivity index (χ4n) is 3.05. The number of carbonyl (C=O) groups excluding carboxylic acids is 1. The first-order valence-corrected chi connectivity index (χ1v) is 7.04. The number of rotatable bonds is 2. The standard InChI is InChI=1S/C16H20N2O/c1-10-7-11(2)13-9-15(18-14(13)8-10)16(19)17-12-5-3-4-6-12/h7-9,12,18H,3-6H2,1-2H3,(H,17,19). The Morgan fingerprint density at radius 2 is 1.95 bits per heavy atom. The highest BCUT2D eigenvalue weighted by Crippen LogP contribution is 2.22. The van der Waals surface area contributed by atoms with E-state index in [-0.39, 0.29) is 5.91 Å². The molecule has 1 aliphatic carbocycles. The predicted octanol–water partition coefficient (Wildman–Crippen LogP) is 3.46. The van der Waals surface area contributed by atoms with Crippen LogP contribution in [0, 0.1) is 13.8 Å². The van der Waals surface area contributed by atoms with Crippen molar-refractivity contribution < 1.29 is 4.79 Å². The summed E-state index contributed by atoms with van der Waals surface area (Å²) in [7, 11) is 0. The number of benzene rings is 1. The molecule has 3 nitrogen and oxygen atoms in total. The van der Waals surface area contributed by atoms with Gasteiger partial charge in [-0.15, -0.1) is 0 Å². The zero-order valence-corrected chi connectivity index (χ0v) is 11.5. The van der Waals surface area contributed by atoms with Crippen molar-refractivity contribution in [2.45, 2.75) is 45.6 Å². The van der Waals surface area contributed by atoms with Crippen LogP contribution in [0.3, 0.4) is 0 Å². The SMILES string of the molecule is Cc1cc(C)c2cc(C(=O)NC3CCCC3)[nH]c2c1. The Morgan fingerprint density at radius 1 is 1.21 bits per heavy atom. The molecule has 3 rings (SSSR count). The van der Waals surface area contributed by atoms with Gasteiger partial charge in [-0.2, -0.15) is 0 Å². The number of nitrogens with one attached hydrogen (secondary N) is 2. The van der Waals surface area contributed by atoms with E-state index in [1.165, 1.54) is 24.0 Å². The molecule has 1 fully saturated rings. The van der Waals surface area contributed by atoms with Gasteiger partial charge in [-0.05, 0) is 49.9 Å². The summed E-state index contributed by atoms with van der Waals surface area (Å²) in [5, 5.41) is 4.26. The maximum Gasteiger partial charge on any atom is 0.267 e. The van der Waals surface area contributed by atoms with Crippen molar-refractivity contribution in [3.63, 3.8) is 0 Å². The second-order valence-corrected chi connectivity index (χ2v) is 5.68. The van der Waals surface area contributed by atoms with Crippen molar-refractivity contribution in [2.75, 3.05) is 0 Å². The Morgan fingerprint density at radius 3 is 2.68 bits per heavy atom. The molecular weight excluding hydrogens is 236 g/mol. The summed E-state index contributed by atoms with van der Waals surface area (Å²) >= 11 is 0. The third-order valence-electron chi connectivity index (χ3n) is 4.02.